The first-order valence-electron chi connectivity index (χ1n) is 35.8. The van der Waals surface area contributed by atoms with Gasteiger partial charge in [-0.15, -0.1) is 0 Å². The van der Waals surface area contributed by atoms with E-state index in [0.29, 0.717) is 12.8 Å². The fourth-order valence-electron chi connectivity index (χ4n) is 10.5. The first-order chi connectivity index (χ1) is 40.6. The number of carbonyl (C=O) groups is 2. The molecule has 1 N–H and O–H groups in total. The zero-order valence-electron chi connectivity index (χ0n) is 54.5. The molecular formula is C77H136O5. The molecule has 0 aromatic carbocycles. The Morgan fingerprint density at radius 3 is 0.793 bits per heavy atom. The number of rotatable bonds is 66. The smallest absolute Gasteiger partial charge is 0.306 e. The lowest BCUT2D eigenvalue weighted by molar-refractivity contribution is -0.161. The van der Waals surface area contributed by atoms with Crippen LogP contribution < -0.4 is 0 Å². The third-order valence-corrected chi connectivity index (χ3v) is 15.9. The van der Waals surface area contributed by atoms with E-state index >= 15 is 0 Å². The third kappa shape index (κ3) is 69.3. The Morgan fingerprint density at radius 2 is 0.524 bits per heavy atom. The number of ether oxygens (including phenoxy) is 2. The summed E-state index contributed by atoms with van der Waals surface area (Å²) in [6.07, 6.45) is 103. The lowest BCUT2D eigenvalue weighted by Crippen LogP contribution is -2.28. The van der Waals surface area contributed by atoms with E-state index in [4.69, 9.17) is 9.47 Å². The van der Waals surface area contributed by atoms with Crippen molar-refractivity contribution in [2.24, 2.45) is 0 Å². The quantitative estimate of drug-likeness (QED) is 0.0373. The summed E-state index contributed by atoms with van der Waals surface area (Å²) in [6, 6.07) is 0. The molecule has 0 fully saturated rings. The van der Waals surface area contributed by atoms with Gasteiger partial charge in [0.05, 0.1) is 6.61 Å². The highest BCUT2D eigenvalue weighted by atomic mass is 16.6. The molecule has 0 heterocycles. The Balaban J connectivity index is 3.42. The zero-order valence-corrected chi connectivity index (χ0v) is 54.5. The Labute approximate surface area is 510 Å². The van der Waals surface area contributed by atoms with E-state index < -0.39 is 6.10 Å². The summed E-state index contributed by atoms with van der Waals surface area (Å²) in [6.45, 7) is 4.06. The number of allylic oxidation sites excluding steroid dienone is 16. The lowest BCUT2D eigenvalue weighted by Gasteiger charge is -2.15. The molecule has 0 saturated heterocycles. The highest BCUT2D eigenvalue weighted by Gasteiger charge is 2.16. The highest BCUT2D eigenvalue weighted by Crippen LogP contribution is 2.18. The van der Waals surface area contributed by atoms with Crippen molar-refractivity contribution in [2.45, 2.75) is 367 Å². The molecule has 0 amide bonds. The second-order valence-electron chi connectivity index (χ2n) is 23.9. The van der Waals surface area contributed by atoms with Crippen molar-refractivity contribution in [2.75, 3.05) is 13.2 Å². The van der Waals surface area contributed by atoms with Gasteiger partial charge in [-0.3, -0.25) is 9.59 Å². The van der Waals surface area contributed by atoms with Crippen LogP contribution in [0.2, 0.25) is 0 Å². The molecule has 0 aromatic rings. The Hall–Kier alpha value is -3.18. The summed E-state index contributed by atoms with van der Waals surface area (Å²) in [5.74, 6) is -0.574. The number of esters is 2. The van der Waals surface area contributed by atoms with Gasteiger partial charge in [0.2, 0.25) is 0 Å². The van der Waals surface area contributed by atoms with E-state index in [0.717, 1.165) is 83.5 Å². The average Bonchev–Trinajstić information content (AvgIpc) is 3.49. The molecule has 1 atom stereocenters. The molecule has 0 aromatic heterocycles. The van der Waals surface area contributed by atoms with Gasteiger partial charge in [-0.05, 0) is 96.3 Å². The number of hydrogen-bond donors (Lipinski definition) is 1. The molecule has 0 aliphatic rings. The predicted octanol–water partition coefficient (Wildman–Crippen LogP) is 25.0. The van der Waals surface area contributed by atoms with Crippen LogP contribution >= 0.6 is 0 Å². The van der Waals surface area contributed by atoms with Gasteiger partial charge in [-0.25, -0.2) is 0 Å². The van der Waals surface area contributed by atoms with Crippen molar-refractivity contribution in [3.8, 4) is 0 Å². The summed E-state index contributed by atoms with van der Waals surface area (Å²) >= 11 is 0. The van der Waals surface area contributed by atoms with E-state index in [1.807, 2.05) is 0 Å². The average molecular weight is 1140 g/mol. The predicted molar refractivity (Wildman–Crippen MR) is 362 cm³/mol. The number of aliphatic hydroxyl groups excluding tert-OH is 1. The molecule has 0 bridgehead atoms. The first-order valence-corrected chi connectivity index (χ1v) is 35.8. The van der Waals surface area contributed by atoms with Gasteiger partial charge < -0.3 is 14.6 Å². The Morgan fingerprint density at radius 1 is 0.293 bits per heavy atom. The first kappa shape index (κ1) is 78.8. The molecule has 5 nitrogen and oxygen atoms in total. The van der Waals surface area contributed by atoms with Gasteiger partial charge in [0.1, 0.15) is 6.61 Å². The lowest BCUT2D eigenvalue weighted by atomic mass is 10.0. The monoisotopic (exact) mass is 1140 g/mol. The Kier molecular flexibility index (Phi) is 69.3. The second kappa shape index (κ2) is 72.1. The van der Waals surface area contributed by atoms with E-state index in [-0.39, 0.29) is 25.2 Å². The maximum Gasteiger partial charge on any atom is 0.306 e. The summed E-state index contributed by atoms with van der Waals surface area (Å²) in [5.41, 5.74) is 0. The maximum atomic E-state index is 12.4. The largest absolute Gasteiger partial charge is 0.462 e. The minimum absolute atomic E-state index is 0.0637. The molecule has 82 heavy (non-hydrogen) atoms. The van der Waals surface area contributed by atoms with Crippen LogP contribution in [0, 0.1) is 0 Å². The van der Waals surface area contributed by atoms with Gasteiger partial charge in [-0.1, -0.05) is 349 Å². The van der Waals surface area contributed by atoms with Crippen LogP contribution in [0.25, 0.3) is 0 Å². The van der Waals surface area contributed by atoms with Crippen LogP contribution in [-0.4, -0.2) is 36.4 Å². The molecular weight excluding hydrogens is 1000 g/mol. The van der Waals surface area contributed by atoms with Gasteiger partial charge >= 0.3 is 11.9 Å². The van der Waals surface area contributed by atoms with Crippen LogP contribution in [0.5, 0.6) is 0 Å². The van der Waals surface area contributed by atoms with Crippen molar-refractivity contribution in [1.82, 2.24) is 0 Å². The van der Waals surface area contributed by atoms with Crippen LogP contribution in [0.15, 0.2) is 97.2 Å². The summed E-state index contributed by atoms with van der Waals surface area (Å²) in [7, 11) is 0. The minimum Gasteiger partial charge on any atom is -0.462 e. The SMILES string of the molecule is CC/C=C\C/C=C\C/C=C\C/C=C\C/C=C\C/C=C\CCCCCCCCCCCCCCCCCCCCCCCCC(=O)OC(CO)COC(=O)CCCCCCCCCCCCCCCCC/C=C\C/C=C\CCCCCCC. The van der Waals surface area contributed by atoms with E-state index in [1.165, 1.54) is 250 Å². The highest BCUT2D eigenvalue weighted by molar-refractivity contribution is 5.70. The van der Waals surface area contributed by atoms with Crippen molar-refractivity contribution >= 4 is 11.9 Å². The number of aliphatic hydroxyl groups is 1. The fourth-order valence-corrected chi connectivity index (χ4v) is 10.5. The summed E-state index contributed by atoms with van der Waals surface area (Å²) in [4.78, 5) is 24.7. The number of unbranched alkanes of at least 4 members (excludes halogenated alkanes) is 42. The molecule has 0 aliphatic heterocycles. The van der Waals surface area contributed by atoms with Crippen LogP contribution in [0.1, 0.15) is 361 Å². The standard InChI is InChI=1S/C77H136O5/c1-3-5-7-9-11-13-15-17-19-21-23-25-27-29-31-32-33-34-35-36-37-38-39-40-41-42-43-44-46-48-50-52-54-56-58-60-62-64-66-68-70-72-77(80)82-75(73-78)74-81-76(79)71-69-67-65-63-61-59-57-55-53-51-49-47-45-30-28-26-24-22-20-18-16-14-12-10-8-6-4-2/h5,7,11,13,16-19,22-25,29,31,33-34,75,78H,3-4,6,8-10,12,14-15,20-21,26-28,30,32,35-74H2,1-2H3/b7-5-,13-11-,18-16-,19-17-,24-22-,25-23-,31-29-,34-33-. The normalized spacial score (nSPS) is 12.8. The summed E-state index contributed by atoms with van der Waals surface area (Å²) < 4.78 is 10.8. The van der Waals surface area contributed by atoms with E-state index in [1.54, 1.807) is 0 Å². The van der Waals surface area contributed by atoms with Gasteiger partial charge in [0.15, 0.2) is 6.10 Å². The van der Waals surface area contributed by atoms with Crippen molar-refractivity contribution < 1.29 is 24.2 Å². The van der Waals surface area contributed by atoms with Crippen LogP contribution in [0.4, 0.5) is 0 Å². The molecule has 1 unspecified atom stereocenters. The fraction of sp³-hybridized carbons (Fsp3) is 0.766. The van der Waals surface area contributed by atoms with E-state index in [9.17, 15) is 14.7 Å². The van der Waals surface area contributed by atoms with Crippen molar-refractivity contribution in [3.63, 3.8) is 0 Å². The molecule has 0 saturated carbocycles. The molecule has 474 valence electrons. The zero-order chi connectivity index (χ0) is 59.1. The van der Waals surface area contributed by atoms with Gasteiger partial charge in [0.25, 0.3) is 0 Å². The van der Waals surface area contributed by atoms with Crippen molar-refractivity contribution in [3.05, 3.63) is 97.2 Å². The van der Waals surface area contributed by atoms with Crippen LogP contribution in [-0.2, 0) is 19.1 Å². The Bertz CT molecular complexity index is 1530. The maximum absolute atomic E-state index is 12.4. The topological polar surface area (TPSA) is 72.8 Å². The molecule has 0 spiro atoms. The molecule has 0 rings (SSSR count). The van der Waals surface area contributed by atoms with E-state index in [2.05, 4.69) is 111 Å². The summed E-state index contributed by atoms with van der Waals surface area (Å²) in [5, 5.41) is 9.71. The number of hydrogen-bond acceptors (Lipinski definition) is 5. The minimum atomic E-state index is -0.774. The third-order valence-electron chi connectivity index (χ3n) is 15.9. The van der Waals surface area contributed by atoms with Crippen molar-refractivity contribution in [1.29, 1.82) is 0 Å². The molecule has 0 radical (unpaired) electrons. The molecule has 5 heteroatoms. The second-order valence-corrected chi connectivity index (χ2v) is 23.9. The van der Waals surface area contributed by atoms with Gasteiger partial charge in [0, 0.05) is 12.8 Å². The number of carbonyl (C=O) groups excluding carboxylic acids is 2. The van der Waals surface area contributed by atoms with Gasteiger partial charge in [-0.2, -0.15) is 0 Å². The molecule has 0 aliphatic carbocycles. The van der Waals surface area contributed by atoms with Crippen LogP contribution in [0.3, 0.4) is 0 Å².